The Morgan fingerprint density at radius 3 is 3.24 bits per heavy atom. The predicted octanol–water partition coefficient (Wildman–Crippen LogP) is 2.31. The van der Waals surface area contributed by atoms with Crippen LogP contribution in [0.1, 0.15) is 16.3 Å². The van der Waals surface area contributed by atoms with Gasteiger partial charge in [-0.05, 0) is 30.9 Å². The highest BCUT2D eigenvalue weighted by molar-refractivity contribution is 7.98. The van der Waals surface area contributed by atoms with Gasteiger partial charge in [0, 0.05) is 10.6 Å². The average molecular weight is 267 g/mol. The summed E-state index contributed by atoms with van der Waals surface area (Å²) in [5.41, 5.74) is 1.44. The maximum atomic E-state index is 5.61. The second-order valence-corrected chi connectivity index (χ2v) is 6.13. The Balaban J connectivity index is 1.89. The van der Waals surface area contributed by atoms with Gasteiger partial charge in [-0.3, -0.25) is 0 Å². The van der Waals surface area contributed by atoms with E-state index in [9.17, 15) is 0 Å². The van der Waals surface area contributed by atoms with Crippen molar-refractivity contribution >= 4 is 23.1 Å². The van der Waals surface area contributed by atoms with Crippen LogP contribution in [0.3, 0.4) is 0 Å². The highest BCUT2D eigenvalue weighted by atomic mass is 32.2. The Morgan fingerprint density at radius 2 is 2.41 bits per heavy atom. The topological polar surface area (TPSA) is 51.0 Å². The minimum Gasteiger partial charge on any atom is -0.419 e. The Morgan fingerprint density at radius 1 is 1.47 bits per heavy atom. The zero-order valence-corrected chi connectivity index (χ0v) is 11.2. The van der Waals surface area contributed by atoms with Gasteiger partial charge in [0.05, 0.1) is 11.4 Å². The van der Waals surface area contributed by atoms with Crippen LogP contribution in [0.4, 0.5) is 0 Å². The van der Waals surface area contributed by atoms with E-state index in [2.05, 4.69) is 21.6 Å². The third-order valence-electron chi connectivity index (χ3n) is 2.63. The first-order valence-corrected chi connectivity index (χ1v) is 7.50. The van der Waals surface area contributed by atoms with E-state index < -0.39 is 0 Å². The van der Waals surface area contributed by atoms with Crippen LogP contribution in [0.15, 0.2) is 10.5 Å². The van der Waals surface area contributed by atoms with E-state index in [1.54, 1.807) is 11.3 Å². The molecule has 0 amide bonds. The highest BCUT2D eigenvalue weighted by Gasteiger charge is 2.17. The smallest absolute Gasteiger partial charge is 0.257 e. The Bertz CT molecular complexity index is 497. The molecular formula is C11H13N3OS2. The molecule has 0 saturated carbocycles. The molecule has 0 aromatic carbocycles. The number of rotatable bonds is 3. The summed E-state index contributed by atoms with van der Waals surface area (Å²) in [6.07, 6.45) is 1.17. The molecule has 1 aliphatic heterocycles. The molecule has 0 bridgehead atoms. The number of hydrogen-bond acceptors (Lipinski definition) is 6. The lowest BCUT2D eigenvalue weighted by atomic mass is 10.2. The van der Waals surface area contributed by atoms with Gasteiger partial charge in [0.25, 0.3) is 5.89 Å². The van der Waals surface area contributed by atoms with Crippen LogP contribution in [0.25, 0.3) is 10.8 Å². The minimum atomic E-state index is 0.619. The summed E-state index contributed by atoms with van der Waals surface area (Å²) >= 11 is 3.78. The fourth-order valence-electron chi connectivity index (χ4n) is 1.83. The van der Waals surface area contributed by atoms with Crippen molar-refractivity contribution in [3.63, 3.8) is 0 Å². The lowest BCUT2D eigenvalue weighted by molar-refractivity contribution is 0.491. The lowest BCUT2D eigenvalue weighted by Crippen LogP contribution is -2.04. The van der Waals surface area contributed by atoms with Gasteiger partial charge in [-0.15, -0.1) is 21.5 Å². The van der Waals surface area contributed by atoms with Gasteiger partial charge in [-0.1, -0.05) is 0 Å². The van der Waals surface area contributed by atoms with Crippen LogP contribution < -0.4 is 5.32 Å². The molecule has 1 N–H and O–H groups in total. The number of hydrogen-bond donors (Lipinski definition) is 1. The first-order valence-electron chi connectivity index (χ1n) is 5.53. The molecule has 0 spiro atoms. The molecule has 0 fully saturated rings. The number of aryl methyl sites for hydroxylation is 1. The van der Waals surface area contributed by atoms with Crippen LogP contribution >= 0.6 is 23.1 Å². The highest BCUT2D eigenvalue weighted by Crippen LogP contribution is 2.36. The molecule has 0 atom stereocenters. The second kappa shape index (κ2) is 4.80. The summed E-state index contributed by atoms with van der Waals surface area (Å²) < 4.78 is 5.61. The van der Waals surface area contributed by atoms with Gasteiger partial charge in [0.1, 0.15) is 0 Å². The van der Waals surface area contributed by atoms with Crippen LogP contribution in [0.2, 0.25) is 0 Å². The number of thioether (sulfide) groups is 1. The van der Waals surface area contributed by atoms with Crippen molar-refractivity contribution in [1.29, 1.82) is 0 Å². The fourth-order valence-corrected chi connectivity index (χ4v) is 4.12. The van der Waals surface area contributed by atoms with E-state index in [-0.39, 0.29) is 0 Å². The number of aromatic nitrogens is 2. The van der Waals surface area contributed by atoms with Crippen molar-refractivity contribution < 1.29 is 4.42 Å². The van der Waals surface area contributed by atoms with E-state index in [0.29, 0.717) is 18.3 Å². The molecule has 2 aromatic heterocycles. The zero-order valence-electron chi connectivity index (χ0n) is 9.52. The maximum Gasteiger partial charge on any atom is 0.257 e. The largest absolute Gasteiger partial charge is 0.419 e. The third-order valence-corrected chi connectivity index (χ3v) is 4.87. The molecule has 3 heterocycles. The van der Waals surface area contributed by atoms with Crippen molar-refractivity contribution in [2.75, 3.05) is 12.8 Å². The standard InChI is InChI=1S/C11H13N3OS2/c1-12-5-10-13-14-11(15-10)9-4-7-6-16-3-2-8(7)17-9/h4,12H,2-3,5-6H2,1H3. The molecule has 6 heteroatoms. The van der Waals surface area contributed by atoms with Crippen LogP contribution in [0, 0.1) is 0 Å². The van der Waals surface area contributed by atoms with Gasteiger partial charge in [0.2, 0.25) is 5.89 Å². The molecule has 3 rings (SSSR count). The van der Waals surface area contributed by atoms with E-state index in [0.717, 1.165) is 10.6 Å². The molecule has 0 unspecified atom stereocenters. The molecule has 90 valence electrons. The van der Waals surface area contributed by atoms with Gasteiger partial charge in [-0.25, -0.2) is 0 Å². The summed E-state index contributed by atoms with van der Waals surface area (Å²) in [5, 5.41) is 11.1. The number of nitrogens with zero attached hydrogens (tertiary/aromatic N) is 2. The SMILES string of the molecule is CNCc1nnc(-c2cc3c(s2)CCSC3)o1. The number of thiophene rings is 1. The average Bonchev–Trinajstić information content (AvgIpc) is 2.94. The van der Waals surface area contributed by atoms with E-state index in [4.69, 9.17) is 4.42 Å². The van der Waals surface area contributed by atoms with E-state index in [1.807, 2.05) is 18.8 Å². The first kappa shape index (κ1) is 11.3. The summed E-state index contributed by atoms with van der Waals surface area (Å²) in [5.74, 6) is 3.63. The normalized spacial score (nSPS) is 14.9. The molecule has 2 aromatic rings. The zero-order chi connectivity index (χ0) is 11.7. The first-order chi connectivity index (χ1) is 8.36. The van der Waals surface area contributed by atoms with Gasteiger partial charge < -0.3 is 9.73 Å². The molecule has 0 aliphatic carbocycles. The van der Waals surface area contributed by atoms with Crippen molar-refractivity contribution in [1.82, 2.24) is 15.5 Å². The van der Waals surface area contributed by atoms with Gasteiger partial charge in [-0.2, -0.15) is 11.8 Å². The maximum absolute atomic E-state index is 5.61. The second-order valence-electron chi connectivity index (χ2n) is 3.89. The van der Waals surface area contributed by atoms with Crippen LogP contribution in [-0.2, 0) is 18.7 Å². The molecule has 1 aliphatic rings. The lowest BCUT2D eigenvalue weighted by Gasteiger charge is -2.08. The van der Waals surface area contributed by atoms with Crippen molar-refractivity contribution in [2.45, 2.75) is 18.7 Å². The van der Waals surface area contributed by atoms with Crippen molar-refractivity contribution in [3.05, 3.63) is 22.4 Å². The third kappa shape index (κ3) is 2.25. The molecule has 0 radical (unpaired) electrons. The van der Waals surface area contributed by atoms with E-state index >= 15 is 0 Å². The Hall–Kier alpha value is -0.850. The minimum absolute atomic E-state index is 0.619. The predicted molar refractivity (Wildman–Crippen MR) is 70.2 cm³/mol. The van der Waals surface area contributed by atoms with Crippen molar-refractivity contribution in [3.8, 4) is 10.8 Å². The summed E-state index contributed by atoms with van der Waals surface area (Å²) in [6, 6.07) is 2.20. The number of fused-ring (bicyclic) bond motifs is 1. The molecular weight excluding hydrogens is 254 g/mol. The van der Waals surface area contributed by atoms with Gasteiger partial charge in [0.15, 0.2) is 0 Å². The van der Waals surface area contributed by atoms with Crippen LogP contribution in [-0.4, -0.2) is 23.0 Å². The molecule has 4 nitrogen and oxygen atoms in total. The summed E-state index contributed by atoms with van der Waals surface area (Å²) in [4.78, 5) is 2.58. The number of nitrogens with one attached hydrogen (secondary N) is 1. The molecule has 0 saturated heterocycles. The Labute approximate surface area is 108 Å². The van der Waals surface area contributed by atoms with E-state index in [1.165, 1.54) is 22.6 Å². The fraction of sp³-hybridized carbons (Fsp3) is 0.455. The Kier molecular flexibility index (Phi) is 3.17. The monoisotopic (exact) mass is 267 g/mol. The van der Waals surface area contributed by atoms with Gasteiger partial charge >= 0.3 is 0 Å². The molecule has 17 heavy (non-hydrogen) atoms. The summed E-state index contributed by atoms with van der Waals surface area (Å²) in [6.45, 7) is 0.619. The van der Waals surface area contributed by atoms with Crippen LogP contribution in [0.5, 0.6) is 0 Å². The summed E-state index contributed by atoms with van der Waals surface area (Å²) in [7, 11) is 1.87. The quantitative estimate of drug-likeness (QED) is 0.925. The van der Waals surface area contributed by atoms with Crippen molar-refractivity contribution in [2.24, 2.45) is 0 Å².